The van der Waals surface area contributed by atoms with Crippen LogP contribution in [0.2, 0.25) is 0 Å². The molecule has 0 radical (unpaired) electrons. The van der Waals surface area contributed by atoms with Gasteiger partial charge in [-0.3, -0.25) is 4.55 Å². The van der Waals surface area contributed by atoms with E-state index >= 15 is 0 Å². The normalized spacial score (nSPS) is 11.2. The fourth-order valence-corrected chi connectivity index (χ4v) is 4.36. The molecular formula is C25H35NaO5S. The molecule has 0 saturated heterocycles. The molecule has 172 valence electrons. The molecular weight excluding hydrogens is 435 g/mol. The Labute approximate surface area is 215 Å². The Morgan fingerprint density at radius 1 is 0.812 bits per heavy atom. The average Bonchev–Trinajstić information content (AvgIpc) is 2.73. The van der Waals surface area contributed by atoms with Crippen LogP contribution in [0.4, 0.5) is 0 Å². The molecule has 0 aliphatic heterocycles. The second-order valence-electron chi connectivity index (χ2n) is 8.05. The topological polar surface area (TPSA) is 86.7 Å². The molecule has 0 bridgehead atoms. The Morgan fingerprint density at radius 2 is 1.38 bits per heavy atom. The minimum atomic E-state index is -4.47. The van der Waals surface area contributed by atoms with Gasteiger partial charge in [0.1, 0.15) is 10.6 Å². The predicted octanol–water partition coefficient (Wildman–Crippen LogP) is 3.66. The molecule has 2 aromatic carbocycles. The van der Waals surface area contributed by atoms with Gasteiger partial charge in [0.05, 0.1) is 0 Å². The number of aryl methyl sites for hydroxylation is 1. The summed E-state index contributed by atoms with van der Waals surface area (Å²) < 4.78 is 39.0. The number of ether oxygens (including phenoxy) is 1. The van der Waals surface area contributed by atoms with Crippen LogP contribution in [0.3, 0.4) is 0 Å². The van der Waals surface area contributed by atoms with Gasteiger partial charge in [0.15, 0.2) is 5.75 Å². The standard InChI is InChI=1S/C25H36O5S.Na/c1-2-3-4-5-6-7-8-9-10-11-12-16-21-17-15-20-24(31(27,28)29)25(21)30-23-19-14-13-18-22(23)26;/h13-15,17-20,26H,2-12,16H2,1H3,(H,27,28,29);/q;+1/p-1. The molecule has 0 amide bonds. The predicted molar refractivity (Wildman–Crippen MR) is 122 cm³/mol. The van der Waals surface area contributed by atoms with E-state index in [0.717, 1.165) is 19.3 Å². The molecule has 0 aliphatic rings. The largest absolute Gasteiger partial charge is 1.00 e. The van der Waals surface area contributed by atoms with E-state index in [0.29, 0.717) is 12.0 Å². The maximum Gasteiger partial charge on any atom is 1.00 e. The zero-order valence-corrected chi connectivity index (χ0v) is 22.3. The zero-order chi connectivity index (χ0) is 22.5. The van der Waals surface area contributed by atoms with E-state index < -0.39 is 10.1 Å². The first kappa shape index (κ1) is 29.0. The Balaban J connectivity index is 0.00000512. The summed E-state index contributed by atoms with van der Waals surface area (Å²) in [6, 6.07) is 10.8. The molecule has 1 N–H and O–H groups in total. The Kier molecular flexibility index (Phi) is 14.2. The summed E-state index contributed by atoms with van der Waals surface area (Å²) >= 11 is 0. The van der Waals surface area contributed by atoms with Gasteiger partial charge in [-0.25, -0.2) is 0 Å². The van der Waals surface area contributed by atoms with Gasteiger partial charge in [-0.05, 0) is 30.5 Å². The number of para-hydroxylation sites is 3. The number of benzene rings is 2. The molecule has 7 heteroatoms. The summed E-state index contributed by atoms with van der Waals surface area (Å²) in [6.07, 6.45) is 14.1. The van der Waals surface area contributed by atoms with Gasteiger partial charge >= 0.3 is 29.6 Å². The fourth-order valence-electron chi connectivity index (χ4n) is 3.70. The number of hydrogen-bond donors (Lipinski definition) is 1. The van der Waals surface area contributed by atoms with Crippen LogP contribution in [0.5, 0.6) is 17.2 Å². The van der Waals surface area contributed by atoms with Crippen LogP contribution in [0, 0.1) is 0 Å². The molecule has 0 saturated carbocycles. The van der Waals surface area contributed by atoms with Crippen molar-refractivity contribution >= 4 is 10.1 Å². The van der Waals surface area contributed by atoms with E-state index in [2.05, 4.69) is 6.92 Å². The van der Waals surface area contributed by atoms with Crippen LogP contribution in [-0.4, -0.2) is 13.0 Å². The number of hydrogen-bond acceptors (Lipinski definition) is 4. The van der Waals surface area contributed by atoms with Gasteiger partial charge < -0.3 is 9.84 Å². The molecule has 0 aliphatic carbocycles. The minimum absolute atomic E-state index is 0. The maximum atomic E-state index is 12.0. The van der Waals surface area contributed by atoms with Crippen molar-refractivity contribution in [2.45, 2.75) is 88.9 Å². The van der Waals surface area contributed by atoms with E-state index in [4.69, 9.17) is 4.74 Å². The first-order valence-electron chi connectivity index (χ1n) is 11.5. The van der Waals surface area contributed by atoms with Crippen molar-refractivity contribution in [1.29, 1.82) is 0 Å². The molecule has 0 heterocycles. The van der Waals surface area contributed by atoms with Crippen molar-refractivity contribution in [2.75, 3.05) is 0 Å². The first-order valence-corrected chi connectivity index (χ1v) is 12.9. The molecule has 0 atom stereocenters. The fraction of sp³-hybridized carbons (Fsp3) is 0.520. The zero-order valence-electron chi connectivity index (χ0n) is 19.5. The van der Waals surface area contributed by atoms with E-state index in [1.807, 2.05) is 0 Å². The van der Waals surface area contributed by atoms with Crippen LogP contribution in [0.15, 0.2) is 47.4 Å². The molecule has 0 unspecified atom stereocenters. The summed E-state index contributed by atoms with van der Waals surface area (Å²) in [6.45, 7) is 2.23. The smallest absolute Gasteiger partial charge is 0.870 e. The molecule has 2 aromatic rings. The van der Waals surface area contributed by atoms with Crippen LogP contribution >= 0.6 is 0 Å². The van der Waals surface area contributed by atoms with E-state index in [9.17, 15) is 18.1 Å². The van der Waals surface area contributed by atoms with Crippen LogP contribution in [0.25, 0.3) is 0 Å². The van der Waals surface area contributed by atoms with E-state index in [1.54, 1.807) is 24.3 Å². The van der Waals surface area contributed by atoms with Crippen molar-refractivity contribution in [1.82, 2.24) is 0 Å². The van der Waals surface area contributed by atoms with Gasteiger partial charge in [0.25, 0.3) is 10.1 Å². The van der Waals surface area contributed by atoms with E-state index in [-0.39, 0.29) is 51.7 Å². The van der Waals surface area contributed by atoms with E-state index in [1.165, 1.54) is 69.6 Å². The first-order chi connectivity index (χ1) is 14.9. The van der Waals surface area contributed by atoms with Crippen molar-refractivity contribution in [3.8, 4) is 17.2 Å². The molecule has 0 spiro atoms. The molecule has 32 heavy (non-hydrogen) atoms. The molecule has 2 rings (SSSR count). The summed E-state index contributed by atoms with van der Waals surface area (Å²) in [5, 5.41) is 12.0. The van der Waals surface area contributed by atoms with Gasteiger partial charge in [-0.15, -0.1) is 0 Å². The van der Waals surface area contributed by atoms with Crippen molar-refractivity contribution in [2.24, 2.45) is 0 Å². The quantitative estimate of drug-likeness (QED) is 0.244. The summed E-state index contributed by atoms with van der Waals surface area (Å²) in [7, 11) is -4.47. The Bertz CT molecular complexity index is 899. The van der Waals surface area contributed by atoms with Crippen molar-refractivity contribution in [3.63, 3.8) is 0 Å². The minimum Gasteiger partial charge on any atom is -0.870 e. The summed E-state index contributed by atoms with van der Waals surface area (Å²) in [5.74, 6) is -0.257. The van der Waals surface area contributed by atoms with Crippen LogP contribution < -0.4 is 39.4 Å². The molecule has 5 nitrogen and oxygen atoms in total. The Hall–Kier alpha value is -1.05. The van der Waals surface area contributed by atoms with Gasteiger partial charge in [0.2, 0.25) is 0 Å². The second-order valence-corrected chi connectivity index (χ2v) is 9.44. The van der Waals surface area contributed by atoms with Crippen molar-refractivity contribution in [3.05, 3.63) is 48.0 Å². The monoisotopic (exact) mass is 470 g/mol. The van der Waals surface area contributed by atoms with Crippen LogP contribution in [0.1, 0.15) is 83.1 Å². The van der Waals surface area contributed by atoms with Gasteiger partial charge in [-0.2, -0.15) is 8.42 Å². The van der Waals surface area contributed by atoms with Gasteiger partial charge in [-0.1, -0.05) is 107 Å². The third-order valence-corrected chi connectivity index (χ3v) is 6.33. The van der Waals surface area contributed by atoms with Crippen molar-refractivity contribution < 1.29 is 52.4 Å². The molecule has 0 fully saturated rings. The third kappa shape index (κ3) is 10.3. The molecule has 0 aromatic heterocycles. The summed E-state index contributed by atoms with van der Waals surface area (Å²) in [5.41, 5.74) is 0.675. The maximum absolute atomic E-state index is 12.0. The second kappa shape index (κ2) is 15.7. The Morgan fingerprint density at radius 3 is 1.94 bits per heavy atom. The average molecular weight is 471 g/mol. The SMILES string of the molecule is CCCCCCCCCCCCCc1cccc(S(=O)(=O)O)c1Oc1ccccc1[O-].[Na+]. The number of unbranched alkanes of at least 4 members (excludes halogenated alkanes) is 10. The summed E-state index contributed by atoms with van der Waals surface area (Å²) in [4.78, 5) is -0.309. The number of rotatable bonds is 15. The van der Waals surface area contributed by atoms with Gasteiger partial charge in [0, 0.05) is 0 Å². The van der Waals surface area contributed by atoms with Crippen LogP contribution in [-0.2, 0) is 16.5 Å². The third-order valence-electron chi connectivity index (χ3n) is 5.45.